The Morgan fingerprint density at radius 2 is 2.23 bits per heavy atom. The molecule has 0 amide bonds. The summed E-state index contributed by atoms with van der Waals surface area (Å²) in [6, 6.07) is 3.84. The van der Waals surface area contributed by atoms with E-state index in [9.17, 15) is 9.90 Å². The number of hydrogen-bond donors (Lipinski definition) is 1. The summed E-state index contributed by atoms with van der Waals surface area (Å²) < 4.78 is 0. The van der Waals surface area contributed by atoms with Gasteiger partial charge in [0.1, 0.15) is 5.41 Å². The second-order valence-corrected chi connectivity index (χ2v) is 5.20. The van der Waals surface area contributed by atoms with E-state index >= 15 is 0 Å². The fourth-order valence-corrected chi connectivity index (χ4v) is 3.13. The predicted molar refractivity (Wildman–Crippen MR) is 52.0 cm³/mol. The normalized spacial score (nSPS) is 30.0. The first-order chi connectivity index (χ1) is 6.01. The van der Waals surface area contributed by atoms with E-state index in [1.54, 1.807) is 11.3 Å². The highest BCUT2D eigenvalue weighted by Gasteiger charge is 2.68. The first kappa shape index (κ1) is 8.75. The van der Waals surface area contributed by atoms with Gasteiger partial charge in [-0.05, 0) is 23.3 Å². The molecule has 13 heavy (non-hydrogen) atoms. The molecule has 0 radical (unpaired) electrons. The number of carboxylic acid groups (broad SMARTS) is 1. The SMILES string of the molecule is CC1(C)C[C@@]1(C(=O)O)c1cccs1. The molecule has 0 spiro atoms. The van der Waals surface area contributed by atoms with Crippen LogP contribution in [0.5, 0.6) is 0 Å². The summed E-state index contributed by atoms with van der Waals surface area (Å²) in [4.78, 5) is 12.2. The molecule has 1 heterocycles. The van der Waals surface area contributed by atoms with Gasteiger partial charge < -0.3 is 5.11 Å². The zero-order valence-corrected chi connectivity index (χ0v) is 8.52. The van der Waals surface area contributed by atoms with Crippen molar-refractivity contribution in [2.45, 2.75) is 25.7 Å². The van der Waals surface area contributed by atoms with Crippen LogP contribution in [-0.2, 0) is 10.2 Å². The third-order valence-electron chi connectivity index (χ3n) is 3.04. The number of carbonyl (C=O) groups is 1. The van der Waals surface area contributed by atoms with Gasteiger partial charge in [0, 0.05) is 4.88 Å². The van der Waals surface area contributed by atoms with Gasteiger partial charge in [-0.25, -0.2) is 0 Å². The summed E-state index contributed by atoms with van der Waals surface area (Å²) in [7, 11) is 0. The van der Waals surface area contributed by atoms with E-state index in [2.05, 4.69) is 0 Å². The van der Waals surface area contributed by atoms with Crippen molar-refractivity contribution in [2.75, 3.05) is 0 Å². The van der Waals surface area contributed by atoms with Crippen molar-refractivity contribution in [2.24, 2.45) is 5.41 Å². The monoisotopic (exact) mass is 196 g/mol. The zero-order valence-electron chi connectivity index (χ0n) is 7.70. The Morgan fingerprint density at radius 3 is 2.54 bits per heavy atom. The Balaban J connectivity index is 2.45. The minimum Gasteiger partial charge on any atom is -0.481 e. The van der Waals surface area contributed by atoms with Crippen molar-refractivity contribution < 1.29 is 9.90 Å². The van der Waals surface area contributed by atoms with Crippen molar-refractivity contribution in [1.82, 2.24) is 0 Å². The van der Waals surface area contributed by atoms with E-state index in [4.69, 9.17) is 0 Å². The summed E-state index contributed by atoms with van der Waals surface area (Å²) in [5.74, 6) is -0.681. The number of hydrogen-bond acceptors (Lipinski definition) is 2. The topological polar surface area (TPSA) is 37.3 Å². The van der Waals surface area contributed by atoms with Crippen LogP contribution in [0, 0.1) is 5.41 Å². The molecule has 1 saturated carbocycles. The van der Waals surface area contributed by atoms with Gasteiger partial charge in [0.05, 0.1) is 0 Å². The van der Waals surface area contributed by atoms with Crippen molar-refractivity contribution >= 4 is 17.3 Å². The maximum Gasteiger partial charge on any atom is 0.315 e. The van der Waals surface area contributed by atoms with Crippen LogP contribution in [0.2, 0.25) is 0 Å². The zero-order chi connectivity index (χ0) is 9.69. The van der Waals surface area contributed by atoms with E-state index in [0.717, 1.165) is 11.3 Å². The van der Waals surface area contributed by atoms with Crippen LogP contribution in [0.25, 0.3) is 0 Å². The summed E-state index contributed by atoms with van der Waals surface area (Å²) in [6.45, 7) is 4.03. The van der Waals surface area contributed by atoms with Crippen molar-refractivity contribution in [3.63, 3.8) is 0 Å². The van der Waals surface area contributed by atoms with Gasteiger partial charge >= 0.3 is 5.97 Å². The number of aliphatic carboxylic acids is 1. The lowest BCUT2D eigenvalue weighted by Crippen LogP contribution is -2.24. The molecule has 0 saturated heterocycles. The maximum absolute atomic E-state index is 11.2. The van der Waals surface area contributed by atoms with Gasteiger partial charge in [0.2, 0.25) is 0 Å². The lowest BCUT2D eigenvalue weighted by Gasteiger charge is -2.13. The summed E-state index contributed by atoms with van der Waals surface area (Å²) >= 11 is 1.54. The minimum absolute atomic E-state index is 0.0797. The van der Waals surface area contributed by atoms with E-state index < -0.39 is 11.4 Å². The Labute approximate surface area is 81.2 Å². The Bertz CT molecular complexity index is 340. The highest BCUT2D eigenvalue weighted by atomic mass is 32.1. The fourth-order valence-electron chi connectivity index (χ4n) is 2.03. The standard InChI is InChI=1S/C10H12O2S/c1-9(2)6-10(9,8(11)12)7-4-3-5-13-7/h3-5H,6H2,1-2H3,(H,11,12)/t10-/m0/s1. The van der Waals surface area contributed by atoms with Crippen LogP contribution >= 0.6 is 11.3 Å². The quantitative estimate of drug-likeness (QED) is 0.789. The van der Waals surface area contributed by atoms with Gasteiger partial charge in [0.15, 0.2) is 0 Å². The van der Waals surface area contributed by atoms with Crippen LogP contribution in [-0.4, -0.2) is 11.1 Å². The molecule has 1 aromatic heterocycles. The highest BCUT2D eigenvalue weighted by Crippen LogP contribution is 2.65. The summed E-state index contributed by atoms with van der Waals surface area (Å²) in [5.41, 5.74) is -0.676. The third-order valence-corrected chi connectivity index (χ3v) is 4.08. The van der Waals surface area contributed by atoms with E-state index in [-0.39, 0.29) is 5.41 Å². The molecule has 2 rings (SSSR count). The molecule has 0 unspecified atom stereocenters. The largest absolute Gasteiger partial charge is 0.481 e. The lowest BCUT2D eigenvalue weighted by atomic mass is 9.94. The van der Waals surface area contributed by atoms with Crippen LogP contribution in [0.3, 0.4) is 0 Å². The molecule has 0 aromatic carbocycles. The number of rotatable bonds is 2. The molecule has 1 N–H and O–H groups in total. The average molecular weight is 196 g/mol. The molecular weight excluding hydrogens is 184 g/mol. The van der Waals surface area contributed by atoms with Gasteiger partial charge in [-0.1, -0.05) is 19.9 Å². The van der Waals surface area contributed by atoms with Gasteiger partial charge in [-0.3, -0.25) is 4.79 Å². The number of thiophene rings is 1. The van der Waals surface area contributed by atoms with Crippen LogP contribution in [0.1, 0.15) is 25.1 Å². The Kier molecular flexibility index (Phi) is 1.58. The van der Waals surface area contributed by atoms with Crippen LogP contribution in [0.4, 0.5) is 0 Å². The second kappa shape index (κ2) is 2.35. The minimum atomic E-state index is -0.681. The highest BCUT2D eigenvalue weighted by molar-refractivity contribution is 7.10. The van der Waals surface area contributed by atoms with E-state index in [0.29, 0.717) is 0 Å². The third kappa shape index (κ3) is 0.967. The average Bonchev–Trinajstić information content (AvgIpc) is 2.52. The smallest absolute Gasteiger partial charge is 0.315 e. The maximum atomic E-state index is 11.2. The molecular formula is C10H12O2S. The Hall–Kier alpha value is -0.830. The molecule has 1 aromatic rings. The summed E-state index contributed by atoms with van der Waals surface area (Å²) in [6.07, 6.45) is 0.760. The first-order valence-electron chi connectivity index (χ1n) is 4.28. The molecule has 0 bridgehead atoms. The molecule has 2 nitrogen and oxygen atoms in total. The van der Waals surface area contributed by atoms with Crippen LogP contribution < -0.4 is 0 Å². The molecule has 1 atom stereocenters. The fraction of sp³-hybridized carbons (Fsp3) is 0.500. The molecule has 0 aliphatic heterocycles. The lowest BCUT2D eigenvalue weighted by molar-refractivity contribution is -0.140. The van der Waals surface area contributed by atoms with Crippen molar-refractivity contribution in [3.8, 4) is 0 Å². The van der Waals surface area contributed by atoms with Gasteiger partial charge in [-0.2, -0.15) is 0 Å². The predicted octanol–water partition coefficient (Wildman–Crippen LogP) is 2.50. The van der Waals surface area contributed by atoms with Gasteiger partial charge in [0.25, 0.3) is 0 Å². The molecule has 3 heteroatoms. The molecule has 1 aliphatic rings. The van der Waals surface area contributed by atoms with Gasteiger partial charge in [-0.15, -0.1) is 11.3 Å². The van der Waals surface area contributed by atoms with Crippen LogP contribution in [0.15, 0.2) is 17.5 Å². The molecule has 70 valence electrons. The molecule has 1 aliphatic carbocycles. The summed E-state index contributed by atoms with van der Waals surface area (Å²) in [5, 5.41) is 11.2. The van der Waals surface area contributed by atoms with Crippen molar-refractivity contribution in [1.29, 1.82) is 0 Å². The first-order valence-corrected chi connectivity index (χ1v) is 5.16. The second-order valence-electron chi connectivity index (χ2n) is 4.25. The number of carboxylic acids is 1. The van der Waals surface area contributed by atoms with Crippen molar-refractivity contribution in [3.05, 3.63) is 22.4 Å². The molecule has 1 fully saturated rings. The van der Waals surface area contributed by atoms with E-state index in [1.165, 1.54) is 0 Å². The Morgan fingerprint density at radius 1 is 1.62 bits per heavy atom. The van der Waals surface area contributed by atoms with E-state index in [1.807, 2.05) is 31.4 Å².